The lowest BCUT2D eigenvalue weighted by molar-refractivity contribution is -0.291. The first-order chi connectivity index (χ1) is 33.0. The van der Waals surface area contributed by atoms with Crippen molar-refractivity contribution in [2.45, 2.75) is 189 Å². The molecule has 4 saturated carbocycles. The van der Waals surface area contributed by atoms with Crippen LogP contribution < -0.4 is 0 Å². The van der Waals surface area contributed by atoms with Crippen LogP contribution in [0.2, 0.25) is 0 Å². The van der Waals surface area contributed by atoms with Crippen LogP contribution in [0.15, 0.2) is 60.7 Å². The van der Waals surface area contributed by atoms with Crippen molar-refractivity contribution in [1.29, 1.82) is 0 Å². The van der Waals surface area contributed by atoms with Crippen LogP contribution in [0.3, 0.4) is 0 Å². The Kier molecular flexibility index (Phi) is 16.3. The smallest absolute Gasteiger partial charge is 0.338 e. The number of aliphatic hydroxyl groups is 1. The van der Waals surface area contributed by atoms with Crippen molar-refractivity contribution in [2.75, 3.05) is 6.61 Å². The maximum atomic E-state index is 14.2. The van der Waals surface area contributed by atoms with Gasteiger partial charge in [0, 0.05) is 30.6 Å². The molecule has 6 fully saturated rings. The monoisotopic (exact) mass is 955 g/mol. The predicted molar refractivity (Wildman–Crippen MR) is 262 cm³/mol. The summed E-state index contributed by atoms with van der Waals surface area (Å²) in [6.45, 7) is 19.5. The van der Waals surface area contributed by atoms with Crippen LogP contribution in [0.1, 0.15) is 160 Å². The summed E-state index contributed by atoms with van der Waals surface area (Å²) in [5, 5.41) is 11.1. The lowest BCUT2D eigenvalue weighted by Gasteiger charge is -2.61. The fourth-order valence-electron chi connectivity index (χ4n) is 14.7. The summed E-state index contributed by atoms with van der Waals surface area (Å²) >= 11 is 0. The number of hydrogen-bond donors (Lipinski definition) is 1. The molecule has 0 spiro atoms. The molecule has 8 rings (SSSR count). The van der Waals surface area contributed by atoms with Crippen molar-refractivity contribution in [2.24, 2.45) is 70.0 Å². The van der Waals surface area contributed by atoms with Gasteiger partial charge in [0.05, 0.1) is 36.0 Å². The lowest BCUT2D eigenvalue weighted by Crippen LogP contribution is -2.57. The maximum Gasteiger partial charge on any atom is 0.338 e. The predicted octanol–water partition coefficient (Wildman–Crippen LogP) is 10.8. The molecule has 2 heterocycles. The maximum absolute atomic E-state index is 14.2. The molecule has 6 aliphatic rings. The number of esters is 2. The van der Waals surface area contributed by atoms with Crippen LogP contribution in [0.4, 0.5) is 0 Å². The summed E-state index contributed by atoms with van der Waals surface area (Å²) in [5.41, 5.74) is 0.725. The molecule has 0 bridgehead atoms. The van der Waals surface area contributed by atoms with Gasteiger partial charge in [0.25, 0.3) is 0 Å². The van der Waals surface area contributed by atoms with Crippen LogP contribution in [0.25, 0.3) is 0 Å². The first-order valence-corrected chi connectivity index (χ1v) is 26.8. The highest BCUT2D eigenvalue weighted by molar-refractivity contribution is 5.92. The van der Waals surface area contributed by atoms with Gasteiger partial charge in [0.1, 0.15) is 23.8 Å². The van der Waals surface area contributed by atoms with E-state index in [4.69, 9.17) is 28.4 Å². The van der Waals surface area contributed by atoms with E-state index in [1.54, 1.807) is 48.5 Å². The summed E-state index contributed by atoms with van der Waals surface area (Å²) in [6.07, 6.45) is 6.05. The third kappa shape index (κ3) is 10.4. The molecule has 0 radical (unpaired) electrons. The van der Waals surface area contributed by atoms with E-state index in [0.717, 1.165) is 51.4 Å². The summed E-state index contributed by atoms with van der Waals surface area (Å²) < 4.78 is 38.2. The minimum absolute atomic E-state index is 0.0600. The molecule has 69 heavy (non-hydrogen) atoms. The molecule has 12 unspecified atom stereocenters. The van der Waals surface area contributed by atoms with E-state index in [-0.39, 0.29) is 88.7 Å². The number of ether oxygens (including phenoxy) is 6. The molecule has 2 aromatic carbocycles. The molecule has 11 heteroatoms. The van der Waals surface area contributed by atoms with Gasteiger partial charge >= 0.3 is 11.9 Å². The molecular formula is C58H82O11. The fraction of sp³-hybridized carbons (Fsp3) is 0.724. The van der Waals surface area contributed by atoms with Crippen LogP contribution in [0, 0.1) is 70.0 Å². The number of ketones is 2. The Hall–Kier alpha value is -3.48. The van der Waals surface area contributed by atoms with Gasteiger partial charge in [0.2, 0.25) is 0 Å². The minimum Gasteiger partial charge on any atom is -0.454 e. The van der Waals surface area contributed by atoms with Crippen molar-refractivity contribution in [3.63, 3.8) is 0 Å². The van der Waals surface area contributed by atoms with Crippen LogP contribution >= 0.6 is 0 Å². The number of benzene rings is 2. The molecule has 0 aromatic heterocycles. The van der Waals surface area contributed by atoms with E-state index in [1.165, 1.54) is 0 Å². The van der Waals surface area contributed by atoms with Crippen LogP contribution in [-0.2, 0) is 38.0 Å². The van der Waals surface area contributed by atoms with Gasteiger partial charge in [-0.25, -0.2) is 9.59 Å². The normalized spacial score (nSPS) is 40.6. The van der Waals surface area contributed by atoms with Crippen LogP contribution in [-0.4, -0.2) is 84.4 Å². The van der Waals surface area contributed by atoms with Gasteiger partial charge in [0.15, 0.2) is 18.7 Å². The number of aliphatic hydroxyl groups excluding tert-OH is 1. The molecule has 2 aliphatic heterocycles. The number of carbonyl (C=O) groups excluding carboxylic acids is 4. The number of Topliss-reactive ketones (excluding diaryl/α,β-unsaturated/α-hetero) is 2. The molecular weight excluding hydrogens is 873 g/mol. The topological polar surface area (TPSA) is 144 Å². The molecule has 1 N–H and O–H groups in total. The Morgan fingerprint density at radius 3 is 1.97 bits per heavy atom. The second-order valence-corrected chi connectivity index (χ2v) is 23.1. The standard InChI is InChI=1S/C58H82O11/c1-10-47-34(4)35(5)50(61)55(66-47)65-41-26-28-57(8)40(30-41)23-24-42-43(57)27-29-58(9)44(42)31-46(60)49(58)36(6)45(59)25-22-33(3)32-64-56-52(69-54(63)39-20-16-13-17-21-39)51(37(7)48(11-2)67-56)68-53(62)38-18-14-12-15-19-38/h12-21,33-37,40-44,47-52,55-56,61H,10-11,22-32H2,1-9H3/t33-,34-,35-,36+,37+,40?,41?,42?,43?,44?,47?,48?,49?,50?,51-,52?,55+,56+,57?,58?/m0/s1. The van der Waals surface area contributed by atoms with Gasteiger partial charge in [-0.15, -0.1) is 0 Å². The van der Waals surface area contributed by atoms with E-state index in [9.17, 15) is 24.3 Å². The van der Waals surface area contributed by atoms with E-state index in [2.05, 4.69) is 34.6 Å². The zero-order chi connectivity index (χ0) is 49.4. The van der Waals surface area contributed by atoms with Crippen molar-refractivity contribution in [3.05, 3.63) is 71.8 Å². The van der Waals surface area contributed by atoms with Gasteiger partial charge < -0.3 is 33.5 Å². The van der Waals surface area contributed by atoms with Crippen molar-refractivity contribution >= 4 is 23.5 Å². The van der Waals surface area contributed by atoms with Crippen molar-refractivity contribution < 1.29 is 52.7 Å². The Labute approximate surface area is 411 Å². The SMILES string of the molecule is CCC1O[C@@H](OC2CCC3(C)C(CCC4C3CCC3(C)C4CC(=O)C3[C@H](C)C(=O)CC[C@H](C)CO[C@@H]3OC(CC)[C@@H](C)[C@H](OC(=O)c4ccccc4)C3OC(=O)c3ccccc3)C2)C(O)[C@@H](C)[C@@H]1C. The fourth-order valence-corrected chi connectivity index (χ4v) is 14.7. The summed E-state index contributed by atoms with van der Waals surface area (Å²) in [5.74, 6) is 0.528. The van der Waals surface area contributed by atoms with Crippen molar-refractivity contribution in [3.8, 4) is 0 Å². The van der Waals surface area contributed by atoms with E-state index < -0.39 is 42.8 Å². The Morgan fingerprint density at radius 2 is 1.33 bits per heavy atom. The number of hydrogen-bond acceptors (Lipinski definition) is 11. The summed E-state index contributed by atoms with van der Waals surface area (Å²) in [7, 11) is 0. The average molecular weight is 955 g/mol. The second kappa shape index (κ2) is 21.7. The molecule has 2 saturated heterocycles. The Morgan fingerprint density at radius 1 is 0.739 bits per heavy atom. The highest BCUT2D eigenvalue weighted by Gasteiger charge is 2.64. The zero-order valence-electron chi connectivity index (χ0n) is 42.9. The van der Waals surface area contributed by atoms with E-state index in [0.29, 0.717) is 54.6 Å². The first kappa shape index (κ1) is 51.9. The first-order valence-electron chi connectivity index (χ1n) is 26.8. The highest BCUT2D eigenvalue weighted by atomic mass is 16.7. The molecule has 20 atom stereocenters. The number of rotatable bonds is 16. The van der Waals surface area contributed by atoms with Gasteiger partial charge in [-0.2, -0.15) is 0 Å². The molecule has 11 nitrogen and oxygen atoms in total. The minimum atomic E-state index is -1.05. The lowest BCUT2D eigenvalue weighted by atomic mass is 9.44. The van der Waals surface area contributed by atoms with E-state index >= 15 is 0 Å². The zero-order valence-corrected chi connectivity index (χ0v) is 42.9. The molecule has 2 aromatic rings. The van der Waals surface area contributed by atoms with Gasteiger partial charge in [-0.1, -0.05) is 98.7 Å². The van der Waals surface area contributed by atoms with Gasteiger partial charge in [-0.05, 0) is 141 Å². The Bertz CT molecular complexity index is 2080. The third-order valence-corrected chi connectivity index (χ3v) is 19.2. The van der Waals surface area contributed by atoms with Crippen LogP contribution in [0.5, 0.6) is 0 Å². The largest absolute Gasteiger partial charge is 0.454 e. The second-order valence-electron chi connectivity index (χ2n) is 23.1. The van der Waals surface area contributed by atoms with Crippen molar-refractivity contribution in [1.82, 2.24) is 0 Å². The van der Waals surface area contributed by atoms with E-state index in [1.807, 2.05) is 39.8 Å². The number of carbonyl (C=O) groups is 4. The molecule has 0 amide bonds. The quantitative estimate of drug-likeness (QED) is 0.127. The molecule has 380 valence electrons. The summed E-state index contributed by atoms with van der Waals surface area (Å²) in [4.78, 5) is 55.4. The number of fused-ring (bicyclic) bond motifs is 5. The molecule has 4 aliphatic carbocycles. The summed E-state index contributed by atoms with van der Waals surface area (Å²) in [6, 6.07) is 17.4. The Balaban J connectivity index is 0.872. The van der Waals surface area contributed by atoms with Gasteiger partial charge in [-0.3, -0.25) is 9.59 Å². The average Bonchev–Trinajstić information content (AvgIpc) is 3.63. The highest BCUT2D eigenvalue weighted by Crippen LogP contribution is 2.68. The third-order valence-electron chi connectivity index (χ3n) is 19.2.